The largest absolute Gasteiger partial charge is 0.416 e. The van der Waals surface area contributed by atoms with Gasteiger partial charge in [0.15, 0.2) is 0 Å². The summed E-state index contributed by atoms with van der Waals surface area (Å²) in [4.78, 5) is 10.5. The topological polar surface area (TPSA) is 17.1 Å². The molecule has 0 aliphatic carbocycles. The van der Waals surface area contributed by atoms with Crippen LogP contribution < -0.4 is 0 Å². The van der Waals surface area contributed by atoms with Crippen LogP contribution in [0.5, 0.6) is 0 Å². The predicted molar refractivity (Wildman–Crippen MR) is 66.1 cm³/mol. The number of halogens is 3. The standard InChI is InChI=1S/C15H11F3O/c16-15(17,18)14-7-5-12(6-8-14)9-11-1-3-13(10-19)4-2-11/h1-8,10H,9H2. The van der Waals surface area contributed by atoms with Crippen molar-refractivity contribution in [3.05, 3.63) is 70.8 Å². The highest BCUT2D eigenvalue weighted by atomic mass is 19.4. The number of rotatable bonds is 3. The molecule has 2 aromatic rings. The van der Waals surface area contributed by atoms with Crippen LogP contribution in [-0.2, 0) is 12.6 Å². The molecule has 0 radical (unpaired) electrons. The average Bonchev–Trinajstić information content (AvgIpc) is 2.39. The molecule has 0 aliphatic heterocycles. The molecule has 0 heterocycles. The Morgan fingerprint density at radius 3 is 1.74 bits per heavy atom. The Morgan fingerprint density at radius 1 is 0.842 bits per heavy atom. The number of benzene rings is 2. The summed E-state index contributed by atoms with van der Waals surface area (Å²) in [5.74, 6) is 0. The van der Waals surface area contributed by atoms with Crippen molar-refractivity contribution in [3.8, 4) is 0 Å². The van der Waals surface area contributed by atoms with E-state index < -0.39 is 11.7 Å². The second-order valence-corrected chi connectivity index (χ2v) is 4.23. The third-order valence-corrected chi connectivity index (χ3v) is 2.81. The van der Waals surface area contributed by atoms with Crippen LogP contribution >= 0.6 is 0 Å². The Bertz CT molecular complexity index is 553. The monoisotopic (exact) mass is 264 g/mol. The van der Waals surface area contributed by atoms with Gasteiger partial charge in [0, 0.05) is 5.56 Å². The fourth-order valence-electron chi connectivity index (χ4n) is 1.76. The highest BCUT2D eigenvalue weighted by Crippen LogP contribution is 2.29. The summed E-state index contributed by atoms with van der Waals surface area (Å²) >= 11 is 0. The van der Waals surface area contributed by atoms with E-state index in [1.54, 1.807) is 24.3 Å². The molecule has 0 fully saturated rings. The highest BCUT2D eigenvalue weighted by molar-refractivity contribution is 5.74. The lowest BCUT2D eigenvalue weighted by atomic mass is 10.0. The maximum absolute atomic E-state index is 12.4. The first-order valence-corrected chi connectivity index (χ1v) is 5.69. The van der Waals surface area contributed by atoms with Gasteiger partial charge >= 0.3 is 6.18 Å². The van der Waals surface area contributed by atoms with Gasteiger partial charge in [-0.25, -0.2) is 0 Å². The van der Waals surface area contributed by atoms with Gasteiger partial charge < -0.3 is 0 Å². The van der Waals surface area contributed by atoms with Crippen molar-refractivity contribution in [1.82, 2.24) is 0 Å². The lowest BCUT2D eigenvalue weighted by Crippen LogP contribution is -2.04. The first-order valence-electron chi connectivity index (χ1n) is 5.69. The Kier molecular flexibility index (Phi) is 3.69. The summed E-state index contributed by atoms with van der Waals surface area (Å²) in [5.41, 5.74) is 1.68. The summed E-state index contributed by atoms with van der Waals surface area (Å²) < 4.78 is 37.2. The molecular weight excluding hydrogens is 253 g/mol. The van der Waals surface area contributed by atoms with E-state index in [4.69, 9.17) is 0 Å². The zero-order valence-corrected chi connectivity index (χ0v) is 9.95. The molecule has 19 heavy (non-hydrogen) atoms. The van der Waals surface area contributed by atoms with Crippen molar-refractivity contribution in [2.24, 2.45) is 0 Å². The van der Waals surface area contributed by atoms with Crippen LogP contribution in [-0.4, -0.2) is 6.29 Å². The first kappa shape index (κ1) is 13.3. The SMILES string of the molecule is O=Cc1ccc(Cc2ccc(C(F)(F)F)cc2)cc1. The Morgan fingerprint density at radius 2 is 1.32 bits per heavy atom. The first-order chi connectivity index (χ1) is 8.99. The Labute approximate surface area is 108 Å². The van der Waals surface area contributed by atoms with Gasteiger partial charge in [-0.15, -0.1) is 0 Å². The molecule has 0 saturated heterocycles. The quantitative estimate of drug-likeness (QED) is 0.762. The molecule has 98 valence electrons. The van der Waals surface area contributed by atoms with E-state index in [9.17, 15) is 18.0 Å². The van der Waals surface area contributed by atoms with Crippen molar-refractivity contribution >= 4 is 6.29 Å². The second kappa shape index (κ2) is 5.26. The molecule has 0 aliphatic rings. The van der Waals surface area contributed by atoms with Crippen LogP contribution in [0.1, 0.15) is 27.0 Å². The fraction of sp³-hybridized carbons (Fsp3) is 0.133. The predicted octanol–water partition coefficient (Wildman–Crippen LogP) is 4.11. The van der Waals surface area contributed by atoms with Crippen LogP contribution in [0.2, 0.25) is 0 Å². The van der Waals surface area contributed by atoms with Gasteiger partial charge in [0.05, 0.1) is 5.56 Å². The molecule has 0 aromatic heterocycles. The van der Waals surface area contributed by atoms with Gasteiger partial charge in [0.1, 0.15) is 6.29 Å². The Balaban J connectivity index is 2.12. The van der Waals surface area contributed by atoms with E-state index in [2.05, 4.69) is 0 Å². The third kappa shape index (κ3) is 3.44. The molecule has 2 aromatic carbocycles. The van der Waals surface area contributed by atoms with E-state index in [0.29, 0.717) is 12.0 Å². The summed E-state index contributed by atoms with van der Waals surface area (Å²) in [5, 5.41) is 0. The maximum atomic E-state index is 12.4. The smallest absolute Gasteiger partial charge is 0.298 e. The lowest BCUT2D eigenvalue weighted by molar-refractivity contribution is -0.137. The second-order valence-electron chi connectivity index (χ2n) is 4.23. The zero-order valence-electron chi connectivity index (χ0n) is 9.95. The minimum absolute atomic E-state index is 0.539. The van der Waals surface area contributed by atoms with Gasteiger partial charge in [-0.3, -0.25) is 4.79 Å². The van der Waals surface area contributed by atoms with Gasteiger partial charge in [0.25, 0.3) is 0 Å². The number of carbonyl (C=O) groups is 1. The fourth-order valence-corrected chi connectivity index (χ4v) is 1.76. The molecular formula is C15H11F3O. The summed E-state index contributed by atoms with van der Waals surface area (Å²) in [6.07, 6.45) is -3.01. The van der Waals surface area contributed by atoms with E-state index >= 15 is 0 Å². The molecule has 0 unspecified atom stereocenters. The number of aldehydes is 1. The van der Waals surface area contributed by atoms with Crippen LogP contribution in [0.15, 0.2) is 48.5 Å². The lowest BCUT2D eigenvalue weighted by Gasteiger charge is -2.07. The minimum Gasteiger partial charge on any atom is -0.298 e. The van der Waals surface area contributed by atoms with Crippen LogP contribution in [0.3, 0.4) is 0 Å². The van der Waals surface area contributed by atoms with Gasteiger partial charge in [0.2, 0.25) is 0 Å². The van der Waals surface area contributed by atoms with Gasteiger partial charge in [-0.1, -0.05) is 36.4 Å². The molecule has 0 saturated carbocycles. The highest BCUT2D eigenvalue weighted by Gasteiger charge is 2.29. The van der Waals surface area contributed by atoms with Crippen LogP contribution in [0, 0.1) is 0 Å². The number of carbonyl (C=O) groups excluding carboxylic acids is 1. The van der Waals surface area contributed by atoms with Crippen molar-refractivity contribution in [1.29, 1.82) is 0 Å². The summed E-state index contributed by atoms with van der Waals surface area (Å²) in [6.45, 7) is 0. The van der Waals surface area contributed by atoms with E-state index in [1.807, 2.05) is 0 Å². The van der Waals surface area contributed by atoms with E-state index in [-0.39, 0.29) is 0 Å². The van der Waals surface area contributed by atoms with Crippen molar-refractivity contribution < 1.29 is 18.0 Å². The van der Waals surface area contributed by atoms with E-state index in [1.165, 1.54) is 12.1 Å². The molecule has 0 atom stereocenters. The maximum Gasteiger partial charge on any atom is 0.416 e. The summed E-state index contributed by atoms with van der Waals surface area (Å²) in [7, 11) is 0. The molecule has 0 spiro atoms. The van der Waals surface area contributed by atoms with Crippen molar-refractivity contribution in [2.45, 2.75) is 12.6 Å². The van der Waals surface area contributed by atoms with Crippen molar-refractivity contribution in [2.75, 3.05) is 0 Å². The van der Waals surface area contributed by atoms with Crippen molar-refractivity contribution in [3.63, 3.8) is 0 Å². The zero-order chi connectivity index (χ0) is 13.9. The average molecular weight is 264 g/mol. The molecule has 0 amide bonds. The molecule has 4 heteroatoms. The van der Waals surface area contributed by atoms with Gasteiger partial charge in [-0.05, 0) is 29.7 Å². The third-order valence-electron chi connectivity index (χ3n) is 2.81. The van der Waals surface area contributed by atoms with E-state index in [0.717, 1.165) is 29.5 Å². The van der Waals surface area contributed by atoms with Crippen LogP contribution in [0.4, 0.5) is 13.2 Å². The number of hydrogen-bond donors (Lipinski definition) is 0. The van der Waals surface area contributed by atoms with Crippen LogP contribution in [0.25, 0.3) is 0 Å². The summed E-state index contributed by atoms with van der Waals surface area (Å²) in [6, 6.07) is 12.1. The molecule has 1 nitrogen and oxygen atoms in total. The Hall–Kier alpha value is -2.10. The number of alkyl halides is 3. The molecule has 2 rings (SSSR count). The molecule has 0 N–H and O–H groups in total. The van der Waals surface area contributed by atoms with Gasteiger partial charge in [-0.2, -0.15) is 13.2 Å². The molecule has 0 bridgehead atoms. The normalized spacial score (nSPS) is 11.3. The minimum atomic E-state index is -4.30. The number of hydrogen-bond acceptors (Lipinski definition) is 1.